The third-order valence-electron chi connectivity index (χ3n) is 2.79. The third kappa shape index (κ3) is 4.95. The summed E-state index contributed by atoms with van der Waals surface area (Å²) in [7, 11) is 1.56. The molecule has 10 heteroatoms. The lowest BCUT2D eigenvalue weighted by atomic mass is 10.2. The Kier molecular flexibility index (Phi) is 6.46. The fourth-order valence-electron chi connectivity index (χ4n) is 1.67. The maximum atomic E-state index is 11.4. The van der Waals surface area contributed by atoms with E-state index in [4.69, 9.17) is 17.2 Å². The summed E-state index contributed by atoms with van der Waals surface area (Å²) in [4.78, 5) is 34.7. The second-order valence-electron chi connectivity index (χ2n) is 4.46. The van der Waals surface area contributed by atoms with Gasteiger partial charge in [0, 0.05) is 19.5 Å². The first kappa shape index (κ1) is 17.9. The highest BCUT2D eigenvalue weighted by Gasteiger charge is 2.17. The van der Waals surface area contributed by atoms with Gasteiger partial charge in [0.15, 0.2) is 11.5 Å². The van der Waals surface area contributed by atoms with Crippen LogP contribution in [0.25, 0.3) is 0 Å². The largest absolute Gasteiger partial charge is 0.403 e. The number of aliphatic imine (C=N–C) groups is 1. The number of amides is 2. The molecule has 0 aliphatic carbocycles. The highest BCUT2D eigenvalue weighted by Crippen LogP contribution is 2.15. The van der Waals surface area contributed by atoms with E-state index in [9.17, 15) is 9.59 Å². The van der Waals surface area contributed by atoms with Gasteiger partial charge in [-0.3, -0.25) is 14.6 Å². The predicted molar refractivity (Wildman–Crippen MR) is 87.8 cm³/mol. The summed E-state index contributed by atoms with van der Waals surface area (Å²) in [5, 5.41) is 5.63. The Labute approximate surface area is 133 Å². The quantitative estimate of drug-likeness (QED) is 0.388. The number of nitrogens with one attached hydrogen (secondary N) is 2. The lowest BCUT2D eigenvalue weighted by molar-refractivity contribution is -0.118. The average molecular weight is 320 g/mol. The second-order valence-corrected chi connectivity index (χ2v) is 4.46. The summed E-state index contributed by atoms with van der Waals surface area (Å²) in [5.74, 6) is -0.951. The maximum absolute atomic E-state index is 11.4. The number of hydrogen-bond acceptors (Lipinski definition) is 8. The monoisotopic (exact) mass is 320 g/mol. The zero-order valence-corrected chi connectivity index (χ0v) is 12.9. The molecule has 1 aromatic heterocycles. The molecule has 0 bridgehead atoms. The number of carbonyl (C=O) groups is 2. The van der Waals surface area contributed by atoms with Crippen LogP contribution in [-0.2, 0) is 4.79 Å². The minimum atomic E-state index is -0.765. The van der Waals surface area contributed by atoms with Crippen molar-refractivity contribution in [1.29, 1.82) is 0 Å². The van der Waals surface area contributed by atoms with E-state index in [1.54, 1.807) is 14.0 Å². The lowest BCUT2D eigenvalue weighted by Crippen LogP contribution is -2.35. The van der Waals surface area contributed by atoms with Crippen molar-refractivity contribution >= 4 is 29.7 Å². The number of allylic oxidation sites excluding steroid dienone is 1. The average Bonchev–Trinajstić information content (AvgIpc) is 2.51. The first-order valence-electron chi connectivity index (χ1n) is 6.76. The Morgan fingerprint density at radius 1 is 1.43 bits per heavy atom. The van der Waals surface area contributed by atoms with Gasteiger partial charge in [-0.25, -0.2) is 9.97 Å². The molecule has 0 saturated carbocycles. The summed E-state index contributed by atoms with van der Waals surface area (Å²) >= 11 is 0. The molecule has 0 aliphatic heterocycles. The fourth-order valence-corrected chi connectivity index (χ4v) is 1.67. The van der Waals surface area contributed by atoms with Gasteiger partial charge in [-0.15, -0.1) is 0 Å². The SMILES string of the molecule is CC[C@@H](Nc1cnc(C(N)=O)c(NC(C=NC)=CN)n1)C(N)=O. The summed E-state index contributed by atoms with van der Waals surface area (Å²) in [6.45, 7) is 1.79. The van der Waals surface area contributed by atoms with Crippen LogP contribution in [0, 0.1) is 0 Å². The van der Waals surface area contributed by atoms with Gasteiger partial charge in [-0.1, -0.05) is 6.92 Å². The number of carbonyl (C=O) groups excluding carboxylic acids is 2. The van der Waals surface area contributed by atoms with Gasteiger partial charge in [0.2, 0.25) is 5.91 Å². The van der Waals surface area contributed by atoms with Gasteiger partial charge < -0.3 is 27.8 Å². The van der Waals surface area contributed by atoms with Crippen LogP contribution in [0.5, 0.6) is 0 Å². The number of aromatic nitrogens is 2. The van der Waals surface area contributed by atoms with E-state index >= 15 is 0 Å². The van der Waals surface area contributed by atoms with Crippen LogP contribution in [-0.4, -0.2) is 41.1 Å². The molecule has 1 atom stereocenters. The maximum Gasteiger partial charge on any atom is 0.271 e. The molecular formula is C13H20N8O2. The van der Waals surface area contributed by atoms with Gasteiger partial charge in [-0.05, 0) is 6.42 Å². The van der Waals surface area contributed by atoms with Crippen LogP contribution in [0.2, 0.25) is 0 Å². The zero-order valence-electron chi connectivity index (χ0n) is 12.9. The topological polar surface area (TPSA) is 174 Å². The lowest BCUT2D eigenvalue weighted by Gasteiger charge is -2.15. The molecule has 1 heterocycles. The molecule has 0 spiro atoms. The van der Waals surface area contributed by atoms with Gasteiger partial charge in [0.25, 0.3) is 5.91 Å². The molecule has 0 aliphatic rings. The van der Waals surface area contributed by atoms with Crippen molar-refractivity contribution in [3.8, 4) is 0 Å². The van der Waals surface area contributed by atoms with Gasteiger partial charge in [0.1, 0.15) is 11.9 Å². The summed E-state index contributed by atoms with van der Waals surface area (Å²) in [5.41, 5.74) is 16.3. The van der Waals surface area contributed by atoms with Gasteiger partial charge in [0.05, 0.1) is 11.9 Å². The molecule has 0 unspecified atom stereocenters. The van der Waals surface area contributed by atoms with Crippen LogP contribution in [0.3, 0.4) is 0 Å². The van der Waals surface area contributed by atoms with Crippen LogP contribution in [0.4, 0.5) is 11.6 Å². The van der Waals surface area contributed by atoms with E-state index in [-0.39, 0.29) is 17.3 Å². The predicted octanol–water partition coefficient (Wildman–Crippen LogP) is -0.836. The van der Waals surface area contributed by atoms with E-state index < -0.39 is 17.9 Å². The third-order valence-corrected chi connectivity index (χ3v) is 2.79. The number of nitrogens with zero attached hydrogens (tertiary/aromatic N) is 3. The van der Waals surface area contributed by atoms with E-state index in [2.05, 4.69) is 25.6 Å². The summed E-state index contributed by atoms with van der Waals surface area (Å²) < 4.78 is 0. The number of rotatable bonds is 8. The van der Waals surface area contributed by atoms with E-state index in [0.717, 1.165) is 0 Å². The molecule has 0 radical (unpaired) electrons. The van der Waals surface area contributed by atoms with Crippen molar-refractivity contribution in [1.82, 2.24) is 9.97 Å². The molecule has 0 fully saturated rings. The Hall–Kier alpha value is -3.17. The van der Waals surface area contributed by atoms with Crippen LogP contribution < -0.4 is 27.8 Å². The highest BCUT2D eigenvalue weighted by atomic mass is 16.1. The van der Waals surface area contributed by atoms with Gasteiger partial charge in [-0.2, -0.15) is 0 Å². The zero-order chi connectivity index (χ0) is 17.4. The van der Waals surface area contributed by atoms with E-state index in [1.807, 2.05) is 0 Å². The Morgan fingerprint density at radius 3 is 2.61 bits per heavy atom. The molecule has 0 aromatic carbocycles. The van der Waals surface area contributed by atoms with Crippen molar-refractivity contribution in [3.63, 3.8) is 0 Å². The Balaban J connectivity index is 3.17. The number of anilines is 2. The molecule has 124 valence electrons. The van der Waals surface area contributed by atoms with Crippen molar-refractivity contribution in [2.24, 2.45) is 22.2 Å². The highest BCUT2D eigenvalue weighted by molar-refractivity contribution is 5.97. The molecular weight excluding hydrogens is 300 g/mol. The Bertz CT molecular complexity index is 641. The molecule has 23 heavy (non-hydrogen) atoms. The molecule has 10 nitrogen and oxygen atoms in total. The molecule has 1 aromatic rings. The van der Waals surface area contributed by atoms with Crippen LogP contribution >= 0.6 is 0 Å². The van der Waals surface area contributed by atoms with Crippen molar-refractivity contribution in [2.75, 3.05) is 17.7 Å². The minimum Gasteiger partial charge on any atom is -0.403 e. The van der Waals surface area contributed by atoms with Crippen molar-refractivity contribution in [2.45, 2.75) is 19.4 Å². The van der Waals surface area contributed by atoms with E-state index in [0.29, 0.717) is 12.1 Å². The Morgan fingerprint density at radius 2 is 2.13 bits per heavy atom. The number of hydrogen-bond donors (Lipinski definition) is 5. The van der Waals surface area contributed by atoms with Crippen LogP contribution in [0.15, 0.2) is 23.1 Å². The normalized spacial score (nSPS) is 12.9. The molecule has 1 rings (SSSR count). The van der Waals surface area contributed by atoms with Crippen LogP contribution in [0.1, 0.15) is 23.8 Å². The standard InChI is InChI=1S/C13H20N8O2/c1-3-8(11(15)22)20-9-6-18-10(12(16)23)13(21-9)19-7(4-14)5-17-2/h4-6,8H,3,14H2,1-2H3,(H2,15,22)(H2,16,23)(H2,19,20,21)/t8-/m1/s1. The minimum absolute atomic E-state index is 0.0773. The second kappa shape index (κ2) is 8.32. The van der Waals surface area contributed by atoms with E-state index in [1.165, 1.54) is 18.6 Å². The fraction of sp³-hybridized carbons (Fsp3) is 0.308. The first-order chi connectivity index (χ1) is 10.9. The summed E-state index contributed by atoms with van der Waals surface area (Å²) in [6, 6.07) is -0.613. The van der Waals surface area contributed by atoms with Crippen molar-refractivity contribution < 1.29 is 9.59 Å². The first-order valence-corrected chi connectivity index (χ1v) is 6.76. The molecule has 2 amide bonds. The number of primary amides is 2. The number of nitrogens with two attached hydrogens (primary N) is 3. The molecule has 0 saturated heterocycles. The smallest absolute Gasteiger partial charge is 0.271 e. The van der Waals surface area contributed by atoms with Gasteiger partial charge >= 0.3 is 0 Å². The van der Waals surface area contributed by atoms with Crippen molar-refractivity contribution in [3.05, 3.63) is 23.8 Å². The molecule has 8 N–H and O–H groups in total. The summed E-state index contributed by atoms with van der Waals surface area (Å²) in [6.07, 6.45) is 4.44.